The number of furan rings is 1. The molecule has 2 aliphatic rings. The van der Waals surface area contributed by atoms with Crippen molar-refractivity contribution in [3.8, 4) is 0 Å². The summed E-state index contributed by atoms with van der Waals surface area (Å²) in [6.45, 7) is 5.38. The monoisotopic (exact) mass is 439 g/mol. The molecule has 3 aromatic rings. The second kappa shape index (κ2) is 8.63. The molecule has 1 amide bonds. The number of β-amino-alcohol motifs (C(OH)–C–C–N with tert-alkyl or cyclic N) is 1. The van der Waals surface area contributed by atoms with Crippen LogP contribution in [0.2, 0.25) is 5.02 Å². The highest BCUT2D eigenvalue weighted by molar-refractivity contribution is 6.30. The smallest absolute Gasteiger partial charge is 0.289 e. The molecule has 0 aliphatic carbocycles. The summed E-state index contributed by atoms with van der Waals surface area (Å²) in [5.41, 5.74) is 1.96. The maximum atomic E-state index is 13.0. The molecule has 0 saturated carbocycles. The summed E-state index contributed by atoms with van der Waals surface area (Å²) in [6, 6.07) is 17.3. The van der Waals surface area contributed by atoms with Crippen molar-refractivity contribution < 1.29 is 14.3 Å². The minimum absolute atomic E-state index is 0.0361. The van der Waals surface area contributed by atoms with Gasteiger partial charge in [-0.05, 0) is 29.8 Å². The van der Waals surface area contributed by atoms with E-state index in [1.807, 2.05) is 36.4 Å². The lowest BCUT2D eigenvalue weighted by Crippen LogP contribution is -2.53. The number of amides is 1. The molecule has 162 valence electrons. The number of fused-ring (bicyclic) bond motifs is 1. The Morgan fingerprint density at radius 2 is 1.77 bits per heavy atom. The van der Waals surface area contributed by atoms with Gasteiger partial charge in [-0.3, -0.25) is 14.6 Å². The van der Waals surface area contributed by atoms with Gasteiger partial charge in [0, 0.05) is 56.2 Å². The molecule has 2 atom stereocenters. The highest BCUT2D eigenvalue weighted by Gasteiger charge is 2.39. The zero-order valence-electron chi connectivity index (χ0n) is 17.3. The topological polar surface area (TPSA) is 60.2 Å². The van der Waals surface area contributed by atoms with Crippen molar-refractivity contribution in [2.24, 2.45) is 0 Å². The maximum Gasteiger partial charge on any atom is 0.289 e. The van der Waals surface area contributed by atoms with Crippen LogP contribution in [-0.4, -0.2) is 77.1 Å². The summed E-state index contributed by atoms with van der Waals surface area (Å²) in [6.07, 6.45) is -0.545. The molecule has 31 heavy (non-hydrogen) atoms. The fourth-order valence-electron chi connectivity index (χ4n) is 4.64. The Bertz CT molecular complexity index is 1030. The van der Waals surface area contributed by atoms with E-state index in [-0.39, 0.29) is 11.9 Å². The van der Waals surface area contributed by atoms with E-state index >= 15 is 0 Å². The molecular weight excluding hydrogens is 414 g/mol. The second-order valence-corrected chi connectivity index (χ2v) is 8.87. The molecule has 0 radical (unpaired) electrons. The van der Waals surface area contributed by atoms with E-state index in [0.717, 1.165) is 43.1 Å². The second-order valence-electron chi connectivity index (χ2n) is 8.43. The summed E-state index contributed by atoms with van der Waals surface area (Å²) in [4.78, 5) is 19.4. The third-order valence-electron chi connectivity index (χ3n) is 6.38. The molecule has 2 saturated heterocycles. The number of benzene rings is 2. The number of carbonyl (C=O) groups is 1. The molecule has 3 heterocycles. The molecular formula is C24H26ClN3O3. The average molecular weight is 440 g/mol. The first-order valence-electron chi connectivity index (χ1n) is 10.7. The molecule has 0 unspecified atom stereocenters. The van der Waals surface area contributed by atoms with E-state index in [0.29, 0.717) is 24.4 Å². The predicted octanol–water partition coefficient (Wildman–Crippen LogP) is 3.09. The quantitative estimate of drug-likeness (QED) is 0.677. The number of halogens is 1. The van der Waals surface area contributed by atoms with Crippen molar-refractivity contribution in [2.45, 2.75) is 18.7 Å². The third kappa shape index (κ3) is 4.34. The van der Waals surface area contributed by atoms with E-state index in [1.54, 1.807) is 11.0 Å². The van der Waals surface area contributed by atoms with E-state index in [2.05, 4.69) is 21.9 Å². The number of aliphatic hydroxyl groups is 1. The Morgan fingerprint density at radius 1 is 1.03 bits per heavy atom. The largest absolute Gasteiger partial charge is 0.451 e. The van der Waals surface area contributed by atoms with Crippen molar-refractivity contribution in [1.82, 2.24) is 14.7 Å². The SMILES string of the molecule is O=C(c1cc2ccccc2o1)N1C[C@@H](O)[C@H](N2CCN(Cc3ccc(Cl)cc3)CC2)C1. The number of nitrogens with zero attached hydrogens (tertiary/aromatic N) is 3. The first-order chi connectivity index (χ1) is 15.1. The first kappa shape index (κ1) is 20.5. The number of rotatable bonds is 4. The minimum Gasteiger partial charge on any atom is -0.451 e. The van der Waals surface area contributed by atoms with Gasteiger partial charge in [0.1, 0.15) is 5.58 Å². The van der Waals surface area contributed by atoms with Crippen molar-refractivity contribution in [1.29, 1.82) is 0 Å². The Labute approximate surface area is 186 Å². The summed E-state index contributed by atoms with van der Waals surface area (Å²) in [7, 11) is 0. The van der Waals surface area contributed by atoms with Crippen LogP contribution in [0.5, 0.6) is 0 Å². The fourth-order valence-corrected chi connectivity index (χ4v) is 4.76. The maximum absolute atomic E-state index is 13.0. The lowest BCUT2D eigenvalue weighted by atomic mass is 10.1. The first-order valence-corrected chi connectivity index (χ1v) is 11.1. The van der Waals surface area contributed by atoms with Crippen LogP contribution in [-0.2, 0) is 6.54 Å². The molecule has 2 aromatic carbocycles. The Hall–Kier alpha value is -2.38. The van der Waals surface area contributed by atoms with E-state index in [9.17, 15) is 9.90 Å². The van der Waals surface area contributed by atoms with Gasteiger partial charge in [-0.1, -0.05) is 41.9 Å². The van der Waals surface area contributed by atoms with Crippen LogP contribution in [0.1, 0.15) is 16.1 Å². The average Bonchev–Trinajstić information content (AvgIpc) is 3.39. The minimum atomic E-state index is -0.545. The van der Waals surface area contributed by atoms with Crippen molar-refractivity contribution in [2.75, 3.05) is 39.3 Å². The molecule has 2 fully saturated rings. The van der Waals surface area contributed by atoms with Crippen LogP contribution >= 0.6 is 11.6 Å². The number of aliphatic hydroxyl groups excluding tert-OH is 1. The lowest BCUT2D eigenvalue weighted by Gasteiger charge is -2.38. The van der Waals surface area contributed by atoms with Crippen LogP contribution in [0.3, 0.4) is 0 Å². The van der Waals surface area contributed by atoms with Gasteiger partial charge in [-0.25, -0.2) is 0 Å². The van der Waals surface area contributed by atoms with E-state index in [4.69, 9.17) is 16.0 Å². The number of carbonyl (C=O) groups excluding carboxylic acids is 1. The van der Waals surface area contributed by atoms with Gasteiger partial charge < -0.3 is 14.4 Å². The number of piperazine rings is 1. The van der Waals surface area contributed by atoms with Gasteiger partial charge in [0.2, 0.25) is 0 Å². The van der Waals surface area contributed by atoms with Crippen molar-refractivity contribution >= 4 is 28.5 Å². The number of para-hydroxylation sites is 1. The standard InChI is InChI=1S/C24H26ClN3O3/c25-19-7-5-17(6-8-19)14-26-9-11-27(12-10-26)20-15-28(16-21(20)29)24(30)23-13-18-3-1-2-4-22(18)31-23/h1-8,13,20-21,29H,9-12,14-16H2/t20-,21-/m1/s1. The normalized spacial score (nSPS) is 23.0. The van der Waals surface area contributed by atoms with Gasteiger partial charge in [-0.15, -0.1) is 0 Å². The van der Waals surface area contributed by atoms with Crippen LogP contribution in [0.25, 0.3) is 11.0 Å². The van der Waals surface area contributed by atoms with Crippen LogP contribution in [0.15, 0.2) is 59.0 Å². The van der Waals surface area contributed by atoms with Gasteiger partial charge in [0.15, 0.2) is 5.76 Å². The summed E-state index contributed by atoms with van der Waals surface area (Å²) in [5.74, 6) is 0.181. The molecule has 6 nitrogen and oxygen atoms in total. The zero-order valence-corrected chi connectivity index (χ0v) is 18.0. The van der Waals surface area contributed by atoms with Crippen LogP contribution in [0.4, 0.5) is 0 Å². The van der Waals surface area contributed by atoms with Gasteiger partial charge >= 0.3 is 0 Å². The van der Waals surface area contributed by atoms with Crippen LogP contribution < -0.4 is 0 Å². The van der Waals surface area contributed by atoms with Gasteiger partial charge in [0.05, 0.1) is 12.1 Å². The molecule has 5 rings (SSSR count). The van der Waals surface area contributed by atoms with Crippen LogP contribution in [0, 0.1) is 0 Å². The van der Waals surface area contributed by atoms with Gasteiger partial charge in [-0.2, -0.15) is 0 Å². The molecule has 7 heteroatoms. The van der Waals surface area contributed by atoms with Crippen molar-refractivity contribution in [3.05, 3.63) is 70.9 Å². The summed E-state index contributed by atoms with van der Waals surface area (Å²) >= 11 is 5.98. The van der Waals surface area contributed by atoms with E-state index < -0.39 is 6.10 Å². The Kier molecular flexibility index (Phi) is 5.71. The highest BCUT2D eigenvalue weighted by atomic mass is 35.5. The molecule has 1 aromatic heterocycles. The Balaban J connectivity index is 1.18. The van der Waals surface area contributed by atoms with Crippen molar-refractivity contribution in [3.63, 3.8) is 0 Å². The molecule has 0 bridgehead atoms. The molecule has 1 N–H and O–H groups in total. The Morgan fingerprint density at radius 3 is 2.52 bits per heavy atom. The van der Waals surface area contributed by atoms with Gasteiger partial charge in [0.25, 0.3) is 5.91 Å². The third-order valence-corrected chi connectivity index (χ3v) is 6.63. The zero-order chi connectivity index (χ0) is 21.4. The summed E-state index contributed by atoms with van der Waals surface area (Å²) < 4.78 is 5.73. The number of likely N-dealkylation sites (tertiary alicyclic amines) is 1. The highest BCUT2D eigenvalue weighted by Crippen LogP contribution is 2.24. The predicted molar refractivity (Wildman–Crippen MR) is 120 cm³/mol. The molecule has 0 spiro atoms. The summed E-state index contributed by atoms with van der Waals surface area (Å²) in [5, 5.41) is 12.4. The van der Waals surface area contributed by atoms with E-state index in [1.165, 1.54) is 5.56 Å². The number of hydrogen-bond acceptors (Lipinski definition) is 5. The number of hydrogen-bond donors (Lipinski definition) is 1. The fraction of sp³-hybridized carbons (Fsp3) is 0.375. The molecule has 2 aliphatic heterocycles. The lowest BCUT2D eigenvalue weighted by molar-refractivity contribution is 0.0423.